The van der Waals surface area contributed by atoms with Crippen LogP contribution >= 0.6 is 23.4 Å². The first kappa shape index (κ1) is 20.6. The molecule has 0 saturated heterocycles. The van der Waals surface area contributed by atoms with E-state index in [9.17, 15) is 0 Å². The van der Waals surface area contributed by atoms with E-state index in [4.69, 9.17) is 20.4 Å². The highest BCUT2D eigenvalue weighted by Crippen LogP contribution is 2.31. The monoisotopic (exact) mass is 462 g/mol. The Morgan fingerprint density at radius 2 is 1.75 bits per heavy atom. The molecule has 0 aliphatic heterocycles. The summed E-state index contributed by atoms with van der Waals surface area (Å²) >= 11 is 7.83. The summed E-state index contributed by atoms with van der Waals surface area (Å²) in [5.41, 5.74) is 3.68. The van der Waals surface area contributed by atoms with E-state index in [-0.39, 0.29) is 0 Å². The molecule has 0 unspecified atom stereocenters. The number of aromatic nitrogens is 4. The Bertz CT molecular complexity index is 1340. The van der Waals surface area contributed by atoms with Gasteiger partial charge in [-0.25, -0.2) is 4.98 Å². The molecule has 3 heterocycles. The zero-order chi connectivity index (χ0) is 21.9. The number of thioether (sulfide) groups is 1. The lowest BCUT2D eigenvalue weighted by Crippen LogP contribution is -2.04. The molecule has 0 fully saturated rings. The maximum absolute atomic E-state index is 6.27. The topological polar surface area (TPSA) is 69.9 Å². The fraction of sp³-hybridized carbons (Fsp3) is 0.125. The summed E-state index contributed by atoms with van der Waals surface area (Å²) < 4.78 is 13.3. The number of hydrogen-bond acceptors (Lipinski definition) is 6. The maximum atomic E-state index is 6.27. The smallest absolute Gasteiger partial charge is 0.227 e. The van der Waals surface area contributed by atoms with Crippen molar-refractivity contribution in [2.45, 2.75) is 24.4 Å². The largest absolute Gasteiger partial charge is 0.469 e. The molecule has 0 aliphatic carbocycles. The van der Waals surface area contributed by atoms with Gasteiger partial charge in [-0.1, -0.05) is 65.8 Å². The molecular weight excluding hydrogens is 444 g/mol. The van der Waals surface area contributed by atoms with Gasteiger partial charge in [-0.3, -0.25) is 4.57 Å². The van der Waals surface area contributed by atoms with Crippen molar-refractivity contribution in [2.75, 3.05) is 0 Å². The van der Waals surface area contributed by atoms with Crippen molar-refractivity contribution in [2.24, 2.45) is 0 Å². The molecule has 160 valence electrons. The zero-order valence-corrected chi connectivity index (χ0v) is 18.8. The van der Waals surface area contributed by atoms with Crippen LogP contribution in [-0.4, -0.2) is 19.7 Å². The van der Waals surface area contributed by atoms with E-state index in [0.29, 0.717) is 23.2 Å². The van der Waals surface area contributed by atoms with Gasteiger partial charge >= 0.3 is 0 Å². The van der Waals surface area contributed by atoms with Crippen molar-refractivity contribution in [3.8, 4) is 22.8 Å². The van der Waals surface area contributed by atoms with Gasteiger partial charge < -0.3 is 8.83 Å². The van der Waals surface area contributed by atoms with E-state index in [0.717, 1.165) is 33.6 Å². The summed E-state index contributed by atoms with van der Waals surface area (Å²) in [6.45, 7) is 2.58. The molecule has 0 bridgehead atoms. The van der Waals surface area contributed by atoms with E-state index in [1.165, 1.54) is 5.56 Å². The number of benzene rings is 2. The summed E-state index contributed by atoms with van der Waals surface area (Å²) in [5, 5.41) is 10.3. The van der Waals surface area contributed by atoms with Crippen molar-refractivity contribution in [1.82, 2.24) is 19.7 Å². The van der Waals surface area contributed by atoms with E-state index >= 15 is 0 Å². The molecule has 0 N–H and O–H groups in total. The van der Waals surface area contributed by atoms with E-state index in [1.54, 1.807) is 24.3 Å². The van der Waals surface area contributed by atoms with Gasteiger partial charge in [0.05, 0.1) is 34.7 Å². The molecule has 2 aromatic carbocycles. The molecule has 3 aromatic heterocycles. The van der Waals surface area contributed by atoms with Crippen molar-refractivity contribution in [1.29, 1.82) is 0 Å². The molecule has 0 amide bonds. The molecule has 5 rings (SSSR count). The van der Waals surface area contributed by atoms with Gasteiger partial charge in [0.2, 0.25) is 5.89 Å². The van der Waals surface area contributed by atoms with Crippen molar-refractivity contribution < 1.29 is 8.83 Å². The van der Waals surface area contributed by atoms with Crippen LogP contribution < -0.4 is 0 Å². The van der Waals surface area contributed by atoms with E-state index < -0.39 is 0 Å². The minimum absolute atomic E-state index is 0.506. The van der Waals surface area contributed by atoms with Crippen molar-refractivity contribution in [3.63, 3.8) is 0 Å². The number of nitrogens with zero attached hydrogens (tertiary/aromatic N) is 4. The third-order valence-corrected chi connectivity index (χ3v) is 6.34. The Hall–Kier alpha value is -3.29. The summed E-state index contributed by atoms with van der Waals surface area (Å²) in [7, 11) is 0. The number of halogens is 1. The molecule has 0 radical (unpaired) electrons. The maximum Gasteiger partial charge on any atom is 0.227 e. The first-order valence-corrected chi connectivity index (χ1v) is 11.4. The molecular formula is C24H19ClN4O2S. The molecule has 32 heavy (non-hydrogen) atoms. The lowest BCUT2D eigenvalue weighted by atomic mass is 10.2. The SMILES string of the molecule is Cc1occc1-c1nnc(SCc2coc(-c3ccccc3Cl)n2)n1Cc1ccccc1. The number of oxazole rings is 1. The average Bonchev–Trinajstić information content (AvgIpc) is 3.54. The number of hydrogen-bond donors (Lipinski definition) is 0. The summed E-state index contributed by atoms with van der Waals surface area (Å²) in [6, 6.07) is 19.7. The van der Waals surface area contributed by atoms with Crippen LogP contribution in [0.25, 0.3) is 22.8 Å². The quantitative estimate of drug-likeness (QED) is 0.257. The van der Waals surface area contributed by atoms with Gasteiger partial charge in [-0.15, -0.1) is 10.2 Å². The average molecular weight is 463 g/mol. The highest BCUT2D eigenvalue weighted by molar-refractivity contribution is 7.98. The van der Waals surface area contributed by atoms with Gasteiger partial charge in [0, 0.05) is 5.75 Å². The summed E-state index contributed by atoms with van der Waals surface area (Å²) in [6.07, 6.45) is 3.33. The molecule has 0 atom stereocenters. The normalized spacial score (nSPS) is 11.2. The highest BCUT2D eigenvalue weighted by Gasteiger charge is 2.19. The molecule has 0 aliphatic rings. The lowest BCUT2D eigenvalue weighted by molar-refractivity contribution is 0.534. The Morgan fingerprint density at radius 1 is 0.938 bits per heavy atom. The first-order chi connectivity index (χ1) is 15.7. The highest BCUT2D eigenvalue weighted by atomic mass is 35.5. The molecule has 8 heteroatoms. The third kappa shape index (κ3) is 4.22. The Balaban J connectivity index is 1.41. The molecule has 0 spiro atoms. The van der Waals surface area contributed by atoms with Crippen LogP contribution in [-0.2, 0) is 12.3 Å². The minimum Gasteiger partial charge on any atom is -0.469 e. The fourth-order valence-electron chi connectivity index (χ4n) is 3.39. The lowest BCUT2D eigenvalue weighted by Gasteiger charge is -2.09. The van der Waals surface area contributed by atoms with Gasteiger partial charge in [0.15, 0.2) is 11.0 Å². The predicted octanol–water partition coefficient (Wildman–Crippen LogP) is 6.50. The van der Waals surface area contributed by atoms with Gasteiger partial charge in [0.25, 0.3) is 0 Å². The summed E-state index contributed by atoms with van der Waals surface area (Å²) in [4.78, 5) is 4.60. The van der Waals surface area contributed by atoms with Crippen LogP contribution in [0.3, 0.4) is 0 Å². The van der Waals surface area contributed by atoms with Crippen molar-refractivity contribution >= 4 is 23.4 Å². The van der Waals surface area contributed by atoms with Crippen LogP contribution in [0.15, 0.2) is 87.2 Å². The minimum atomic E-state index is 0.506. The second kappa shape index (κ2) is 9.06. The number of rotatable bonds is 7. The van der Waals surface area contributed by atoms with Crippen LogP contribution in [0, 0.1) is 6.92 Å². The van der Waals surface area contributed by atoms with Crippen LogP contribution in [0.5, 0.6) is 0 Å². The molecule has 0 saturated carbocycles. The molecule has 6 nitrogen and oxygen atoms in total. The van der Waals surface area contributed by atoms with Crippen molar-refractivity contribution in [3.05, 3.63) is 95.2 Å². The Morgan fingerprint density at radius 3 is 2.53 bits per heavy atom. The van der Waals surface area contributed by atoms with Crippen LogP contribution in [0.4, 0.5) is 0 Å². The second-order valence-corrected chi connectivity index (χ2v) is 8.53. The van der Waals surface area contributed by atoms with Gasteiger partial charge in [-0.2, -0.15) is 0 Å². The standard InChI is InChI=1S/C24H19ClN4O2S/c1-16-19(11-12-30-16)22-27-28-24(29(22)13-17-7-3-2-4-8-17)32-15-18-14-31-23(26-18)20-9-5-6-10-21(20)25/h2-12,14H,13,15H2,1H3. The first-order valence-electron chi connectivity index (χ1n) is 10.0. The fourth-order valence-corrected chi connectivity index (χ4v) is 4.42. The van der Waals surface area contributed by atoms with Gasteiger partial charge in [0.1, 0.15) is 12.0 Å². The van der Waals surface area contributed by atoms with Crippen LogP contribution in [0.1, 0.15) is 17.0 Å². The zero-order valence-electron chi connectivity index (χ0n) is 17.2. The van der Waals surface area contributed by atoms with E-state index in [2.05, 4.69) is 31.9 Å². The molecule has 5 aromatic rings. The second-order valence-electron chi connectivity index (χ2n) is 7.18. The van der Waals surface area contributed by atoms with Crippen LogP contribution in [0.2, 0.25) is 5.02 Å². The van der Waals surface area contributed by atoms with E-state index in [1.807, 2.05) is 55.5 Å². The van der Waals surface area contributed by atoms with Gasteiger partial charge in [-0.05, 0) is 30.7 Å². The Labute approximate surface area is 194 Å². The predicted molar refractivity (Wildman–Crippen MR) is 125 cm³/mol. The number of furan rings is 1. The third-order valence-electron chi connectivity index (χ3n) is 5.01. The number of aryl methyl sites for hydroxylation is 1. The Kier molecular flexibility index (Phi) is 5.83. The summed E-state index contributed by atoms with van der Waals surface area (Å²) in [5.74, 6) is 2.68.